The van der Waals surface area contributed by atoms with Crippen LogP contribution in [0.25, 0.3) is 10.9 Å². The van der Waals surface area contributed by atoms with Crippen LogP contribution in [0.1, 0.15) is 5.56 Å². The molecule has 0 aliphatic carbocycles. The summed E-state index contributed by atoms with van der Waals surface area (Å²) in [6, 6.07) is 15.1. The second kappa shape index (κ2) is 9.37. The molecule has 0 fully saturated rings. The number of benzene rings is 2. The highest BCUT2D eigenvalue weighted by molar-refractivity contribution is 9.10. The Hall–Kier alpha value is -2.86. The molecule has 2 aromatic carbocycles. The fraction of sp³-hybridized carbons (Fsp3) is 0.200. The number of rotatable bonds is 8. The standard InChI is InChI=1S/C20H18BrN3O4/c1-25-11-27-18-7-13-6-14(10-22)20(23-16-5-3-4-15(21)8-16)24-17(13)9-19(18)28-12-26-2/h3-9H,11-12H2,1-2H3,(H,23,24). The van der Waals surface area contributed by atoms with Gasteiger partial charge >= 0.3 is 0 Å². The van der Waals surface area contributed by atoms with E-state index in [9.17, 15) is 5.26 Å². The van der Waals surface area contributed by atoms with Crippen LogP contribution in [0, 0.1) is 11.3 Å². The van der Waals surface area contributed by atoms with Gasteiger partial charge in [0.15, 0.2) is 25.1 Å². The van der Waals surface area contributed by atoms with Crippen LogP contribution in [-0.2, 0) is 9.47 Å². The lowest BCUT2D eigenvalue weighted by Gasteiger charge is -2.14. The van der Waals surface area contributed by atoms with Gasteiger partial charge in [-0.15, -0.1) is 0 Å². The van der Waals surface area contributed by atoms with E-state index in [4.69, 9.17) is 18.9 Å². The zero-order valence-electron chi connectivity index (χ0n) is 15.4. The number of methoxy groups -OCH3 is 2. The molecule has 0 aliphatic rings. The molecule has 0 amide bonds. The van der Waals surface area contributed by atoms with Crippen molar-refractivity contribution in [1.82, 2.24) is 4.98 Å². The molecule has 1 N–H and O–H groups in total. The summed E-state index contributed by atoms with van der Waals surface area (Å²) in [7, 11) is 3.07. The van der Waals surface area contributed by atoms with Crippen molar-refractivity contribution in [1.29, 1.82) is 5.26 Å². The molecule has 3 rings (SSSR count). The van der Waals surface area contributed by atoms with Crippen LogP contribution in [0.4, 0.5) is 11.5 Å². The largest absolute Gasteiger partial charge is 0.464 e. The summed E-state index contributed by atoms with van der Waals surface area (Å²) in [5.74, 6) is 1.40. The summed E-state index contributed by atoms with van der Waals surface area (Å²) in [6.07, 6.45) is 0. The van der Waals surface area contributed by atoms with Crippen LogP contribution < -0.4 is 14.8 Å². The van der Waals surface area contributed by atoms with Gasteiger partial charge in [-0.3, -0.25) is 0 Å². The maximum Gasteiger partial charge on any atom is 0.188 e. The minimum atomic E-state index is 0.0638. The van der Waals surface area contributed by atoms with Crippen molar-refractivity contribution in [2.24, 2.45) is 0 Å². The Morgan fingerprint density at radius 1 is 1.04 bits per heavy atom. The average Bonchev–Trinajstić information content (AvgIpc) is 2.70. The number of halogens is 1. The summed E-state index contributed by atoms with van der Waals surface area (Å²) in [6.45, 7) is 0.129. The number of nitrogens with zero attached hydrogens (tertiary/aromatic N) is 2. The predicted molar refractivity (Wildman–Crippen MR) is 109 cm³/mol. The third kappa shape index (κ3) is 4.70. The van der Waals surface area contributed by atoms with E-state index in [1.807, 2.05) is 24.3 Å². The summed E-state index contributed by atoms with van der Waals surface area (Å²) < 4.78 is 22.0. The van der Waals surface area contributed by atoms with Crippen molar-refractivity contribution in [3.8, 4) is 17.6 Å². The van der Waals surface area contributed by atoms with Gasteiger partial charge in [-0.2, -0.15) is 5.26 Å². The molecular weight excluding hydrogens is 426 g/mol. The molecule has 0 atom stereocenters. The van der Waals surface area contributed by atoms with Crippen molar-refractivity contribution in [3.63, 3.8) is 0 Å². The minimum Gasteiger partial charge on any atom is -0.464 e. The van der Waals surface area contributed by atoms with Gasteiger partial charge in [0, 0.05) is 35.8 Å². The fourth-order valence-corrected chi connectivity index (χ4v) is 2.94. The normalized spacial score (nSPS) is 10.5. The van der Waals surface area contributed by atoms with E-state index >= 15 is 0 Å². The predicted octanol–water partition coefficient (Wildman–Crippen LogP) is 4.58. The highest BCUT2D eigenvalue weighted by atomic mass is 79.9. The lowest BCUT2D eigenvalue weighted by atomic mass is 10.1. The Morgan fingerprint density at radius 3 is 2.39 bits per heavy atom. The molecule has 1 aromatic heterocycles. The van der Waals surface area contributed by atoms with E-state index in [0.29, 0.717) is 28.4 Å². The van der Waals surface area contributed by atoms with Gasteiger partial charge in [0.1, 0.15) is 11.9 Å². The molecule has 144 valence electrons. The first-order valence-corrected chi connectivity index (χ1v) is 9.09. The van der Waals surface area contributed by atoms with Crippen molar-refractivity contribution >= 4 is 38.3 Å². The number of nitrogens with one attached hydrogen (secondary N) is 1. The van der Waals surface area contributed by atoms with Crippen LogP contribution in [-0.4, -0.2) is 32.8 Å². The van der Waals surface area contributed by atoms with Gasteiger partial charge in [0.05, 0.1) is 11.1 Å². The van der Waals surface area contributed by atoms with E-state index in [1.54, 1.807) is 18.2 Å². The fourth-order valence-electron chi connectivity index (χ4n) is 2.54. The zero-order chi connectivity index (χ0) is 19.9. The molecule has 3 aromatic rings. The second-order valence-electron chi connectivity index (χ2n) is 5.73. The number of pyridine rings is 1. The molecule has 1 heterocycles. The van der Waals surface area contributed by atoms with Crippen molar-refractivity contribution in [2.75, 3.05) is 33.1 Å². The lowest BCUT2D eigenvalue weighted by Crippen LogP contribution is -2.05. The van der Waals surface area contributed by atoms with Crippen LogP contribution in [0.3, 0.4) is 0 Å². The van der Waals surface area contributed by atoms with Gasteiger partial charge in [0.2, 0.25) is 0 Å². The van der Waals surface area contributed by atoms with E-state index in [-0.39, 0.29) is 13.6 Å². The number of ether oxygens (including phenoxy) is 4. The lowest BCUT2D eigenvalue weighted by molar-refractivity contribution is 0.0324. The Morgan fingerprint density at radius 2 is 1.75 bits per heavy atom. The van der Waals surface area contributed by atoms with Crippen LogP contribution in [0.15, 0.2) is 46.9 Å². The Balaban J connectivity index is 2.04. The monoisotopic (exact) mass is 443 g/mol. The first kappa shape index (κ1) is 19.9. The highest BCUT2D eigenvalue weighted by Gasteiger charge is 2.13. The molecule has 0 bridgehead atoms. The summed E-state index contributed by atoms with van der Waals surface area (Å²) >= 11 is 3.44. The second-order valence-corrected chi connectivity index (χ2v) is 6.64. The summed E-state index contributed by atoms with van der Waals surface area (Å²) in [5, 5.41) is 13.5. The third-order valence-electron chi connectivity index (χ3n) is 3.75. The molecular formula is C20H18BrN3O4. The topological polar surface area (TPSA) is 85.6 Å². The van der Waals surface area contributed by atoms with Crippen LogP contribution >= 0.6 is 15.9 Å². The molecule has 0 aliphatic heterocycles. The molecule has 0 saturated carbocycles. The number of fused-ring (bicyclic) bond motifs is 1. The first-order valence-electron chi connectivity index (χ1n) is 8.29. The Kier molecular flexibility index (Phi) is 6.66. The number of nitriles is 1. The van der Waals surface area contributed by atoms with Crippen LogP contribution in [0.5, 0.6) is 11.5 Å². The zero-order valence-corrected chi connectivity index (χ0v) is 16.9. The van der Waals surface area contributed by atoms with Gasteiger partial charge in [0.25, 0.3) is 0 Å². The molecule has 0 radical (unpaired) electrons. The van der Waals surface area contributed by atoms with E-state index in [1.165, 1.54) is 14.2 Å². The summed E-state index contributed by atoms with van der Waals surface area (Å²) in [4.78, 5) is 4.60. The van der Waals surface area contributed by atoms with Crippen molar-refractivity contribution < 1.29 is 18.9 Å². The van der Waals surface area contributed by atoms with E-state index < -0.39 is 0 Å². The molecule has 28 heavy (non-hydrogen) atoms. The first-order chi connectivity index (χ1) is 13.6. The van der Waals surface area contributed by atoms with Crippen LogP contribution in [0.2, 0.25) is 0 Å². The number of hydrogen-bond acceptors (Lipinski definition) is 7. The Bertz CT molecular complexity index is 1020. The molecule has 7 nitrogen and oxygen atoms in total. The van der Waals surface area contributed by atoms with Gasteiger partial charge in [-0.25, -0.2) is 4.98 Å². The number of anilines is 2. The van der Waals surface area contributed by atoms with Gasteiger partial charge in [-0.1, -0.05) is 22.0 Å². The summed E-state index contributed by atoms with van der Waals surface area (Å²) in [5.41, 5.74) is 1.87. The molecule has 8 heteroatoms. The maximum atomic E-state index is 9.56. The highest BCUT2D eigenvalue weighted by Crippen LogP contribution is 2.34. The quantitative estimate of drug-likeness (QED) is 0.509. The van der Waals surface area contributed by atoms with Gasteiger partial charge < -0.3 is 24.3 Å². The van der Waals surface area contributed by atoms with E-state index in [2.05, 4.69) is 32.3 Å². The smallest absolute Gasteiger partial charge is 0.188 e. The number of aromatic nitrogens is 1. The Labute approximate surface area is 170 Å². The molecule has 0 unspecified atom stereocenters. The number of hydrogen-bond donors (Lipinski definition) is 1. The van der Waals surface area contributed by atoms with Crippen molar-refractivity contribution in [3.05, 3.63) is 52.5 Å². The van der Waals surface area contributed by atoms with Crippen molar-refractivity contribution in [2.45, 2.75) is 0 Å². The van der Waals surface area contributed by atoms with E-state index in [0.717, 1.165) is 15.5 Å². The SMILES string of the molecule is COCOc1cc2cc(C#N)c(Nc3cccc(Br)c3)nc2cc1OCOC. The molecule has 0 saturated heterocycles. The average molecular weight is 444 g/mol. The van der Waals surface area contributed by atoms with Gasteiger partial charge in [-0.05, 0) is 30.3 Å². The third-order valence-corrected chi connectivity index (χ3v) is 4.25. The molecule has 0 spiro atoms. The maximum absolute atomic E-state index is 9.56. The minimum absolute atomic E-state index is 0.0638.